The van der Waals surface area contributed by atoms with Gasteiger partial charge in [0.05, 0.1) is 5.69 Å². The minimum Gasteiger partial charge on any atom is -0.454 e. The van der Waals surface area contributed by atoms with E-state index in [2.05, 4.69) is 36.4 Å². The van der Waals surface area contributed by atoms with Gasteiger partial charge in [-0.2, -0.15) is 0 Å². The summed E-state index contributed by atoms with van der Waals surface area (Å²) in [5.74, 6) is 1.55. The molecule has 2 heterocycles. The zero-order valence-electron chi connectivity index (χ0n) is 12.0. The maximum absolute atomic E-state index is 5.36. The highest BCUT2D eigenvalue weighted by atomic mass is 16.7. The minimum absolute atomic E-state index is 0.292. The number of hydrogen-bond donors (Lipinski definition) is 0. The van der Waals surface area contributed by atoms with Crippen LogP contribution in [0.15, 0.2) is 29.3 Å². The maximum Gasteiger partial charge on any atom is 0.231 e. The summed E-state index contributed by atoms with van der Waals surface area (Å²) in [4.78, 5) is 4.53. The van der Waals surface area contributed by atoms with Crippen molar-refractivity contribution in [2.24, 2.45) is 4.99 Å². The first kappa shape index (κ1) is 12.8. The number of aliphatic imine (C=N–C) groups is 1. The lowest BCUT2D eigenvalue weighted by atomic mass is 10.2. The first-order valence-corrected chi connectivity index (χ1v) is 6.79. The van der Waals surface area contributed by atoms with E-state index in [1.54, 1.807) is 0 Å². The van der Waals surface area contributed by atoms with Gasteiger partial charge in [0.25, 0.3) is 0 Å². The van der Waals surface area contributed by atoms with E-state index < -0.39 is 0 Å². The first-order chi connectivity index (χ1) is 9.69. The van der Waals surface area contributed by atoms with Crippen LogP contribution in [0.4, 0.5) is 5.69 Å². The monoisotopic (exact) mass is 270 g/mol. The van der Waals surface area contributed by atoms with Crippen LogP contribution in [0.1, 0.15) is 23.9 Å². The predicted octanol–water partition coefficient (Wildman–Crippen LogP) is 3.60. The Hall–Kier alpha value is -2.23. The molecule has 0 saturated heterocycles. The van der Waals surface area contributed by atoms with E-state index in [1.807, 2.05) is 24.4 Å². The highest BCUT2D eigenvalue weighted by molar-refractivity contribution is 5.84. The lowest BCUT2D eigenvalue weighted by Crippen LogP contribution is -1.99. The van der Waals surface area contributed by atoms with Crippen molar-refractivity contribution in [1.29, 1.82) is 0 Å². The van der Waals surface area contributed by atoms with Gasteiger partial charge in [0.1, 0.15) is 0 Å². The van der Waals surface area contributed by atoms with Crippen LogP contribution < -0.4 is 9.47 Å². The normalized spacial score (nSPS) is 13.3. The van der Waals surface area contributed by atoms with Crippen molar-refractivity contribution < 1.29 is 9.47 Å². The molecule has 0 fully saturated rings. The Kier molecular flexibility index (Phi) is 3.22. The zero-order valence-corrected chi connectivity index (χ0v) is 12.0. The van der Waals surface area contributed by atoms with Gasteiger partial charge in [-0.1, -0.05) is 0 Å². The van der Waals surface area contributed by atoms with Gasteiger partial charge in [-0.3, -0.25) is 4.99 Å². The summed E-state index contributed by atoms with van der Waals surface area (Å²) in [7, 11) is 0. The molecule has 1 aromatic heterocycles. The Balaban J connectivity index is 1.87. The lowest BCUT2D eigenvalue weighted by Gasteiger charge is -2.04. The molecule has 2 aromatic rings. The fraction of sp³-hybridized carbons (Fsp3) is 0.312. The molecule has 1 aliphatic heterocycles. The maximum atomic E-state index is 5.36. The third kappa shape index (κ3) is 2.18. The number of rotatable bonds is 3. The number of hydrogen-bond acceptors (Lipinski definition) is 3. The molecular weight excluding hydrogens is 252 g/mol. The topological polar surface area (TPSA) is 35.8 Å². The minimum atomic E-state index is 0.292. The van der Waals surface area contributed by atoms with Crippen molar-refractivity contribution in [3.05, 3.63) is 41.2 Å². The van der Waals surface area contributed by atoms with Crippen LogP contribution in [-0.2, 0) is 6.54 Å². The molecule has 20 heavy (non-hydrogen) atoms. The molecule has 0 amide bonds. The van der Waals surface area contributed by atoms with Crippen molar-refractivity contribution >= 4 is 11.9 Å². The fourth-order valence-corrected chi connectivity index (χ4v) is 2.55. The Morgan fingerprint density at radius 1 is 1.20 bits per heavy atom. The van der Waals surface area contributed by atoms with Gasteiger partial charge in [-0.05, 0) is 39.0 Å². The standard InChI is InChI=1S/C16H18N2O2/c1-4-18-11(2)7-13(12(18)3)9-17-14-5-6-15-16(8-14)20-10-19-15/h5-9H,4,10H2,1-3H3. The summed E-state index contributed by atoms with van der Waals surface area (Å²) < 4.78 is 12.9. The van der Waals surface area contributed by atoms with E-state index in [1.165, 1.54) is 11.4 Å². The quantitative estimate of drug-likeness (QED) is 0.799. The molecule has 0 bridgehead atoms. The summed E-state index contributed by atoms with van der Waals surface area (Å²) in [5.41, 5.74) is 4.53. The number of nitrogens with zero attached hydrogens (tertiary/aromatic N) is 2. The highest BCUT2D eigenvalue weighted by Crippen LogP contribution is 2.35. The third-order valence-electron chi connectivity index (χ3n) is 3.64. The number of ether oxygens (including phenoxy) is 2. The van der Waals surface area contributed by atoms with Gasteiger partial charge in [-0.25, -0.2) is 0 Å². The molecule has 0 aliphatic carbocycles. The Bertz CT molecular complexity index is 671. The van der Waals surface area contributed by atoms with E-state index >= 15 is 0 Å². The van der Waals surface area contributed by atoms with Crippen molar-refractivity contribution in [1.82, 2.24) is 4.57 Å². The van der Waals surface area contributed by atoms with E-state index in [0.29, 0.717) is 6.79 Å². The van der Waals surface area contributed by atoms with E-state index in [4.69, 9.17) is 9.47 Å². The van der Waals surface area contributed by atoms with Gasteiger partial charge >= 0.3 is 0 Å². The molecular formula is C16H18N2O2. The molecule has 0 spiro atoms. The molecule has 104 valence electrons. The van der Waals surface area contributed by atoms with Crippen LogP contribution in [0.3, 0.4) is 0 Å². The van der Waals surface area contributed by atoms with Crippen LogP contribution in [0.25, 0.3) is 0 Å². The summed E-state index contributed by atoms with van der Waals surface area (Å²) in [5, 5.41) is 0. The predicted molar refractivity (Wildman–Crippen MR) is 79.4 cm³/mol. The second kappa shape index (κ2) is 5.04. The molecule has 1 aliphatic rings. The molecule has 0 atom stereocenters. The van der Waals surface area contributed by atoms with Gasteiger partial charge in [0, 0.05) is 35.8 Å². The second-order valence-corrected chi connectivity index (χ2v) is 4.87. The SMILES string of the molecule is CCn1c(C)cc(C=Nc2ccc3c(c2)OCO3)c1C. The van der Waals surface area contributed by atoms with Crippen LogP contribution in [0.5, 0.6) is 11.5 Å². The van der Waals surface area contributed by atoms with Crippen molar-refractivity contribution in [3.63, 3.8) is 0 Å². The van der Waals surface area contributed by atoms with E-state index in [0.717, 1.165) is 29.3 Å². The number of fused-ring (bicyclic) bond motifs is 1. The lowest BCUT2D eigenvalue weighted by molar-refractivity contribution is 0.174. The van der Waals surface area contributed by atoms with Crippen molar-refractivity contribution in [3.8, 4) is 11.5 Å². The Morgan fingerprint density at radius 3 is 2.75 bits per heavy atom. The van der Waals surface area contributed by atoms with Crippen molar-refractivity contribution in [2.45, 2.75) is 27.3 Å². The number of benzene rings is 1. The summed E-state index contributed by atoms with van der Waals surface area (Å²) in [6.45, 7) is 7.67. The molecule has 4 nitrogen and oxygen atoms in total. The van der Waals surface area contributed by atoms with Crippen LogP contribution in [0.2, 0.25) is 0 Å². The van der Waals surface area contributed by atoms with Gasteiger partial charge in [-0.15, -0.1) is 0 Å². The van der Waals surface area contributed by atoms with Crippen molar-refractivity contribution in [2.75, 3.05) is 6.79 Å². The zero-order chi connectivity index (χ0) is 14.1. The van der Waals surface area contributed by atoms with E-state index in [-0.39, 0.29) is 0 Å². The largest absolute Gasteiger partial charge is 0.454 e. The molecule has 0 saturated carbocycles. The molecule has 0 N–H and O–H groups in total. The summed E-state index contributed by atoms with van der Waals surface area (Å²) >= 11 is 0. The third-order valence-corrected chi connectivity index (χ3v) is 3.64. The highest BCUT2D eigenvalue weighted by Gasteiger charge is 2.12. The average molecular weight is 270 g/mol. The van der Waals surface area contributed by atoms with Gasteiger partial charge in [0.2, 0.25) is 6.79 Å². The molecule has 0 radical (unpaired) electrons. The van der Waals surface area contributed by atoms with Crippen LogP contribution in [-0.4, -0.2) is 17.6 Å². The fourth-order valence-electron chi connectivity index (χ4n) is 2.55. The first-order valence-electron chi connectivity index (χ1n) is 6.79. The Morgan fingerprint density at radius 2 is 2.00 bits per heavy atom. The van der Waals surface area contributed by atoms with Crippen LogP contribution >= 0.6 is 0 Å². The number of aryl methyl sites for hydroxylation is 1. The van der Waals surface area contributed by atoms with Gasteiger partial charge in [0.15, 0.2) is 11.5 Å². The molecule has 3 rings (SSSR count). The second-order valence-electron chi connectivity index (χ2n) is 4.87. The Labute approximate surface area is 118 Å². The number of aromatic nitrogens is 1. The molecule has 0 unspecified atom stereocenters. The van der Waals surface area contributed by atoms with Crippen LogP contribution in [0, 0.1) is 13.8 Å². The summed E-state index contributed by atoms with van der Waals surface area (Å²) in [6.07, 6.45) is 1.91. The summed E-state index contributed by atoms with van der Waals surface area (Å²) in [6, 6.07) is 7.89. The average Bonchev–Trinajstić information content (AvgIpc) is 3.00. The van der Waals surface area contributed by atoms with Gasteiger partial charge < -0.3 is 14.0 Å². The van der Waals surface area contributed by atoms with E-state index in [9.17, 15) is 0 Å². The molecule has 4 heteroatoms. The molecule has 1 aromatic carbocycles. The smallest absolute Gasteiger partial charge is 0.231 e.